The third-order valence-electron chi connectivity index (χ3n) is 7.58. The quantitative estimate of drug-likeness (QED) is 0.272. The molecule has 2 saturated carbocycles. The number of nitrogens with zero attached hydrogens (tertiary/aromatic N) is 1. The lowest BCUT2D eigenvalue weighted by molar-refractivity contribution is -0.143. The first-order valence-corrected chi connectivity index (χ1v) is 13.2. The second-order valence-electron chi connectivity index (χ2n) is 11.0. The van der Waals surface area contributed by atoms with Crippen molar-refractivity contribution in [2.24, 2.45) is 5.41 Å². The van der Waals surface area contributed by atoms with Gasteiger partial charge in [-0.05, 0) is 50.9 Å². The number of hydrogen-bond acceptors (Lipinski definition) is 6. The highest BCUT2D eigenvalue weighted by atomic mass is 19.3. The van der Waals surface area contributed by atoms with Crippen molar-refractivity contribution < 1.29 is 42.6 Å². The Labute approximate surface area is 220 Å². The zero-order valence-corrected chi connectivity index (χ0v) is 21.9. The van der Waals surface area contributed by atoms with Crippen molar-refractivity contribution in [2.45, 2.75) is 101 Å². The molecule has 11 nitrogen and oxygen atoms in total. The number of likely N-dealkylation sites (tertiary alicyclic amines) is 1. The molecule has 2 unspecified atom stereocenters. The molecule has 3 atom stereocenters. The van der Waals surface area contributed by atoms with Gasteiger partial charge in [0.05, 0.1) is 12.6 Å². The van der Waals surface area contributed by atoms with E-state index in [-0.39, 0.29) is 31.0 Å². The van der Waals surface area contributed by atoms with Gasteiger partial charge in [0, 0.05) is 26.1 Å². The smallest absolute Gasteiger partial charge is 0.405 e. The molecule has 2 aliphatic carbocycles. The van der Waals surface area contributed by atoms with Crippen molar-refractivity contribution in [2.75, 3.05) is 20.3 Å². The molecule has 214 valence electrons. The predicted molar refractivity (Wildman–Crippen MR) is 130 cm³/mol. The van der Waals surface area contributed by atoms with Crippen LogP contribution < -0.4 is 16.0 Å². The van der Waals surface area contributed by atoms with Crippen LogP contribution in [0.5, 0.6) is 0 Å². The first-order chi connectivity index (χ1) is 17.8. The van der Waals surface area contributed by atoms with Gasteiger partial charge in [-0.15, -0.1) is 0 Å². The minimum absolute atomic E-state index is 0.135. The lowest BCUT2D eigenvalue weighted by atomic mass is 9.72. The highest BCUT2D eigenvalue weighted by molar-refractivity contribution is 6.38. The first-order valence-electron chi connectivity index (χ1n) is 13.2. The topological polar surface area (TPSA) is 154 Å². The molecule has 1 spiro atoms. The van der Waals surface area contributed by atoms with E-state index >= 15 is 0 Å². The number of rotatable bonds is 12. The SMILES string of the molecule is COCC(NC(=O)O)C(=O)N1CC2(CCCCC2)C[C@H]1C(=O)NC(CCC(C)(F)F)C(=O)C(=O)NC1CC1. The Balaban J connectivity index is 1.82. The Hall–Kier alpha value is -2.83. The van der Waals surface area contributed by atoms with E-state index in [1.165, 1.54) is 12.0 Å². The van der Waals surface area contributed by atoms with Gasteiger partial charge < -0.3 is 30.7 Å². The number of ether oxygens (including phenoxy) is 1. The van der Waals surface area contributed by atoms with Crippen LogP contribution in [-0.2, 0) is 23.9 Å². The molecule has 0 radical (unpaired) electrons. The Bertz CT molecular complexity index is 916. The highest BCUT2D eigenvalue weighted by Gasteiger charge is 2.50. The van der Waals surface area contributed by atoms with Crippen LogP contribution in [0.3, 0.4) is 0 Å². The summed E-state index contributed by atoms with van der Waals surface area (Å²) in [6.45, 7) is 0.659. The van der Waals surface area contributed by atoms with E-state index in [2.05, 4.69) is 16.0 Å². The van der Waals surface area contributed by atoms with E-state index in [0.717, 1.165) is 44.9 Å². The molecular formula is C25H38F2N4O7. The summed E-state index contributed by atoms with van der Waals surface area (Å²) < 4.78 is 32.3. The van der Waals surface area contributed by atoms with Crippen molar-refractivity contribution in [3.05, 3.63) is 0 Å². The van der Waals surface area contributed by atoms with Crippen LogP contribution in [0.15, 0.2) is 0 Å². The van der Waals surface area contributed by atoms with Crippen molar-refractivity contribution in [3.63, 3.8) is 0 Å². The van der Waals surface area contributed by atoms with Crippen LogP contribution in [-0.4, -0.2) is 90.0 Å². The van der Waals surface area contributed by atoms with Crippen molar-refractivity contribution in [1.29, 1.82) is 0 Å². The number of hydrogen-bond donors (Lipinski definition) is 4. The zero-order chi connectivity index (χ0) is 28.1. The summed E-state index contributed by atoms with van der Waals surface area (Å²) in [7, 11) is 1.31. The highest BCUT2D eigenvalue weighted by Crippen LogP contribution is 2.46. The van der Waals surface area contributed by atoms with Crippen LogP contribution >= 0.6 is 0 Å². The third kappa shape index (κ3) is 8.08. The maximum Gasteiger partial charge on any atom is 0.405 e. The largest absolute Gasteiger partial charge is 0.465 e. The summed E-state index contributed by atoms with van der Waals surface area (Å²) in [5.41, 5.74) is -0.351. The minimum Gasteiger partial charge on any atom is -0.465 e. The molecule has 3 aliphatic rings. The monoisotopic (exact) mass is 544 g/mol. The third-order valence-corrected chi connectivity index (χ3v) is 7.58. The van der Waals surface area contributed by atoms with Crippen LogP contribution in [0.4, 0.5) is 13.6 Å². The number of methoxy groups -OCH3 is 1. The molecule has 4 N–H and O–H groups in total. The van der Waals surface area contributed by atoms with Crippen molar-refractivity contribution in [3.8, 4) is 0 Å². The maximum absolute atomic E-state index is 13.6. The lowest BCUT2D eigenvalue weighted by Gasteiger charge is -2.33. The van der Waals surface area contributed by atoms with E-state index in [1.807, 2.05) is 0 Å². The fraction of sp³-hybridized carbons (Fsp3) is 0.800. The molecule has 0 aromatic carbocycles. The molecule has 3 fully saturated rings. The summed E-state index contributed by atoms with van der Waals surface area (Å²) in [5.74, 6) is -6.45. The van der Waals surface area contributed by atoms with Gasteiger partial charge in [0.15, 0.2) is 0 Å². The first kappa shape index (κ1) is 29.7. The van der Waals surface area contributed by atoms with E-state index in [4.69, 9.17) is 4.74 Å². The molecule has 4 amide bonds. The zero-order valence-electron chi connectivity index (χ0n) is 21.9. The second kappa shape index (κ2) is 12.4. The van der Waals surface area contributed by atoms with Crippen LogP contribution in [0.1, 0.15) is 71.1 Å². The van der Waals surface area contributed by atoms with Gasteiger partial charge in [-0.3, -0.25) is 19.2 Å². The van der Waals surface area contributed by atoms with Gasteiger partial charge in [0.1, 0.15) is 12.1 Å². The Morgan fingerprint density at radius 2 is 1.74 bits per heavy atom. The summed E-state index contributed by atoms with van der Waals surface area (Å²) in [6.07, 6.45) is 3.52. The number of ketones is 1. The molecule has 3 rings (SSSR count). The van der Waals surface area contributed by atoms with Crippen molar-refractivity contribution in [1.82, 2.24) is 20.9 Å². The number of halogens is 2. The van der Waals surface area contributed by atoms with Crippen LogP contribution in [0.25, 0.3) is 0 Å². The number of carbonyl (C=O) groups is 5. The number of carbonyl (C=O) groups excluding carboxylic acids is 4. The minimum atomic E-state index is -3.12. The molecule has 1 saturated heterocycles. The molecule has 0 aromatic rings. The van der Waals surface area contributed by atoms with Gasteiger partial charge in [-0.2, -0.15) is 0 Å². The maximum atomic E-state index is 13.6. The van der Waals surface area contributed by atoms with Gasteiger partial charge in [-0.25, -0.2) is 13.6 Å². The second-order valence-corrected chi connectivity index (χ2v) is 11.0. The van der Waals surface area contributed by atoms with Crippen LogP contribution in [0.2, 0.25) is 0 Å². The Morgan fingerprint density at radius 3 is 2.29 bits per heavy atom. The van der Waals surface area contributed by atoms with Gasteiger partial charge in [0.2, 0.25) is 23.5 Å². The van der Waals surface area contributed by atoms with Crippen molar-refractivity contribution >= 4 is 29.6 Å². The number of carboxylic acid groups (broad SMARTS) is 1. The fourth-order valence-electron chi connectivity index (χ4n) is 5.45. The normalized spacial score (nSPS) is 22.4. The Kier molecular flexibility index (Phi) is 9.66. The van der Waals surface area contributed by atoms with Gasteiger partial charge in [0.25, 0.3) is 5.91 Å². The average molecular weight is 545 g/mol. The summed E-state index contributed by atoms with van der Waals surface area (Å²) >= 11 is 0. The molecule has 0 bridgehead atoms. The summed E-state index contributed by atoms with van der Waals surface area (Å²) in [5, 5.41) is 16.3. The van der Waals surface area contributed by atoms with Crippen LogP contribution in [0, 0.1) is 5.41 Å². The molecule has 1 aliphatic heterocycles. The predicted octanol–water partition coefficient (Wildman–Crippen LogP) is 1.59. The van der Waals surface area contributed by atoms with Gasteiger partial charge in [-0.1, -0.05) is 19.3 Å². The molecular weight excluding hydrogens is 506 g/mol. The summed E-state index contributed by atoms with van der Waals surface area (Å²) in [4.78, 5) is 64.8. The lowest BCUT2D eigenvalue weighted by Crippen LogP contribution is -2.57. The number of amides is 4. The van der Waals surface area contributed by atoms with Gasteiger partial charge >= 0.3 is 6.09 Å². The van der Waals surface area contributed by atoms with E-state index in [9.17, 15) is 37.9 Å². The molecule has 1 heterocycles. The standard InChI is InChI=1S/C25H38F2N4O7/c1-24(26,27)11-8-16(19(32)21(34)28-15-6-7-15)29-20(33)18-12-25(9-4-3-5-10-25)14-31(18)22(35)17(13-38-2)30-23(36)37/h15-18,30H,3-14H2,1-2H3,(H,28,34)(H,29,33)(H,36,37)/t16?,17?,18-/m0/s1. The van der Waals surface area contributed by atoms with E-state index in [1.54, 1.807) is 0 Å². The van der Waals surface area contributed by atoms with E-state index < -0.39 is 66.5 Å². The van der Waals surface area contributed by atoms with E-state index in [0.29, 0.717) is 6.92 Å². The Morgan fingerprint density at radius 1 is 1.08 bits per heavy atom. The number of alkyl halides is 2. The fourth-order valence-corrected chi connectivity index (χ4v) is 5.45. The average Bonchev–Trinajstić information content (AvgIpc) is 3.59. The summed E-state index contributed by atoms with van der Waals surface area (Å²) in [6, 6.07) is -3.94. The molecule has 0 aromatic heterocycles. The number of nitrogens with one attached hydrogen (secondary N) is 3. The molecule has 38 heavy (non-hydrogen) atoms. The molecule has 13 heteroatoms. The number of Topliss-reactive ketones (excluding diaryl/α,β-unsaturated/α-hetero) is 1.